The maximum absolute atomic E-state index is 12.4. The van der Waals surface area contributed by atoms with E-state index in [1.165, 1.54) is 7.11 Å². The number of carbonyl (C=O) groups is 2. The van der Waals surface area contributed by atoms with Crippen LogP contribution in [0.1, 0.15) is 35.7 Å². The molecular formula is C16H22N2O3. The van der Waals surface area contributed by atoms with Crippen molar-refractivity contribution >= 4 is 17.6 Å². The van der Waals surface area contributed by atoms with Gasteiger partial charge in [0.1, 0.15) is 0 Å². The standard InChI is InChI=1S/C16H22N2O3/c1-10-4-5-13(16(20)21-3)9-14(10)18-15(19)12-6-7-17-11(2)8-12/h4-5,9,11-12,17H,6-8H2,1-3H3,(H,18,19)/t11-,12-/m0/s1. The van der Waals surface area contributed by atoms with Crippen LogP contribution in [0.3, 0.4) is 0 Å². The summed E-state index contributed by atoms with van der Waals surface area (Å²) in [6.07, 6.45) is 1.67. The van der Waals surface area contributed by atoms with Crippen LogP contribution < -0.4 is 10.6 Å². The Hall–Kier alpha value is -1.88. The summed E-state index contributed by atoms with van der Waals surface area (Å²) in [6.45, 7) is 4.85. The summed E-state index contributed by atoms with van der Waals surface area (Å²) >= 11 is 0. The van der Waals surface area contributed by atoms with Crippen LogP contribution in [0.15, 0.2) is 18.2 Å². The van der Waals surface area contributed by atoms with Crippen molar-refractivity contribution in [3.8, 4) is 0 Å². The van der Waals surface area contributed by atoms with E-state index in [-0.39, 0.29) is 11.8 Å². The number of methoxy groups -OCH3 is 1. The molecule has 0 spiro atoms. The van der Waals surface area contributed by atoms with Crippen molar-refractivity contribution in [2.45, 2.75) is 32.7 Å². The lowest BCUT2D eigenvalue weighted by Crippen LogP contribution is -2.40. The Morgan fingerprint density at radius 1 is 1.38 bits per heavy atom. The molecule has 1 aliphatic heterocycles. The average Bonchev–Trinajstić information content (AvgIpc) is 2.48. The number of amides is 1. The molecule has 1 aromatic rings. The molecule has 1 heterocycles. The molecule has 2 rings (SSSR count). The highest BCUT2D eigenvalue weighted by atomic mass is 16.5. The Labute approximate surface area is 125 Å². The van der Waals surface area contributed by atoms with Crippen LogP contribution in [0.4, 0.5) is 5.69 Å². The summed E-state index contributed by atoms with van der Waals surface area (Å²) in [4.78, 5) is 23.9. The van der Waals surface area contributed by atoms with Crippen molar-refractivity contribution in [1.29, 1.82) is 0 Å². The van der Waals surface area contributed by atoms with Gasteiger partial charge in [-0.15, -0.1) is 0 Å². The Morgan fingerprint density at radius 2 is 2.14 bits per heavy atom. The van der Waals surface area contributed by atoms with Crippen LogP contribution in [0.2, 0.25) is 0 Å². The molecule has 0 bridgehead atoms. The molecular weight excluding hydrogens is 268 g/mol. The maximum atomic E-state index is 12.4. The Morgan fingerprint density at radius 3 is 2.81 bits per heavy atom. The lowest BCUT2D eigenvalue weighted by Gasteiger charge is -2.27. The number of hydrogen-bond acceptors (Lipinski definition) is 4. The Balaban J connectivity index is 2.11. The molecule has 1 aliphatic rings. The number of piperidine rings is 1. The van der Waals surface area contributed by atoms with Gasteiger partial charge < -0.3 is 15.4 Å². The number of carbonyl (C=O) groups excluding carboxylic acids is 2. The first-order valence-corrected chi connectivity index (χ1v) is 7.24. The monoisotopic (exact) mass is 290 g/mol. The molecule has 0 aliphatic carbocycles. The predicted octanol–water partition coefficient (Wildman–Crippen LogP) is 2.11. The Bertz CT molecular complexity index is 542. The minimum Gasteiger partial charge on any atom is -0.465 e. The summed E-state index contributed by atoms with van der Waals surface area (Å²) in [5.41, 5.74) is 2.05. The first-order valence-electron chi connectivity index (χ1n) is 7.24. The van der Waals surface area contributed by atoms with Gasteiger partial charge in [-0.25, -0.2) is 4.79 Å². The zero-order valence-electron chi connectivity index (χ0n) is 12.7. The Kier molecular flexibility index (Phi) is 4.96. The molecule has 0 unspecified atom stereocenters. The molecule has 2 N–H and O–H groups in total. The van der Waals surface area contributed by atoms with Gasteiger partial charge in [-0.3, -0.25) is 4.79 Å². The minimum atomic E-state index is -0.402. The fourth-order valence-electron chi connectivity index (χ4n) is 2.61. The van der Waals surface area contributed by atoms with Gasteiger partial charge in [0.25, 0.3) is 0 Å². The van der Waals surface area contributed by atoms with E-state index >= 15 is 0 Å². The first-order chi connectivity index (χ1) is 10.0. The van der Waals surface area contributed by atoms with Gasteiger partial charge in [0.15, 0.2) is 0 Å². The molecule has 1 amide bonds. The van der Waals surface area contributed by atoms with Gasteiger partial charge in [-0.1, -0.05) is 6.07 Å². The summed E-state index contributed by atoms with van der Waals surface area (Å²) in [5, 5.41) is 6.28. The van der Waals surface area contributed by atoms with Gasteiger partial charge in [-0.2, -0.15) is 0 Å². The molecule has 5 heteroatoms. The fraction of sp³-hybridized carbons (Fsp3) is 0.500. The van der Waals surface area contributed by atoms with Crippen LogP contribution in [0.5, 0.6) is 0 Å². The summed E-state index contributed by atoms with van der Waals surface area (Å²) in [5.74, 6) is -0.364. The topological polar surface area (TPSA) is 67.4 Å². The van der Waals surface area contributed by atoms with Crippen LogP contribution >= 0.6 is 0 Å². The number of nitrogens with one attached hydrogen (secondary N) is 2. The van der Waals surface area contributed by atoms with E-state index in [0.29, 0.717) is 17.3 Å². The predicted molar refractivity (Wildman–Crippen MR) is 81.3 cm³/mol. The number of aryl methyl sites for hydroxylation is 1. The lowest BCUT2D eigenvalue weighted by atomic mass is 9.92. The molecule has 114 valence electrons. The van der Waals surface area contributed by atoms with Gasteiger partial charge in [0.2, 0.25) is 5.91 Å². The maximum Gasteiger partial charge on any atom is 0.337 e. The van der Waals surface area contributed by atoms with Crippen molar-refractivity contribution in [1.82, 2.24) is 5.32 Å². The van der Waals surface area contributed by atoms with Gasteiger partial charge in [-0.05, 0) is 50.9 Å². The third kappa shape index (κ3) is 3.82. The number of ether oxygens (including phenoxy) is 1. The van der Waals surface area contributed by atoms with Crippen molar-refractivity contribution in [3.63, 3.8) is 0 Å². The number of esters is 1. The highest BCUT2D eigenvalue weighted by Crippen LogP contribution is 2.22. The van der Waals surface area contributed by atoms with E-state index in [1.807, 2.05) is 13.0 Å². The number of hydrogen-bond donors (Lipinski definition) is 2. The summed E-state index contributed by atoms with van der Waals surface area (Å²) in [7, 11) is 1.34. The third-order valence-corrected chi connectivity index (χ3v) is 3.91. The molecule has 0 saturated carbocycles. The molecule has 1 fully saturated rings. The van der Waals surface area contributed by atoms with E-state index in [1.54, 1.807) is 12.1 Å². The van der Waals surface area contributed by atoms with E-state index in [4.69, 9.17) is 4.74 Å². The first kappa shape index (κ1) is 15.5. The summed E-state index contributed by atoms with van der Waals surface area (Å²) in [6, 6.07) is 5.54. The van der Waals surface area contributed by atoms with Crippen molar-refractivity contribution in [2.24, 2.45) is 5.92 Å². The second-order valence-electron chi connectivity index (χ2n) is 5.59. The van der Waals surface area contributed by atoms with Gasteiger partial charge in [0, 0.05) is 17.6 Å². The highest BCUT2D eigenvalue weighted by Gasteiger charge is 2.25. The number of anilines is 1. The molecule has 0 aromatic heterocycles. The number of benzene rings is 1. The van der Waals surface area contributed by atoms with E-state index in [9.17, 15) is 9.59 Å². The molecule has 2 atom stereocenters. The molecule has 0 radical (unpaired) electrons. The van der Waals surface area contributed by atoms with Crippen LogP contribution in [-0.2, 0) is 9.53 Å². The molecule has 21 heavy (non-hydrogen) atoms. The third-order valence-electron chi connectivity index (χ3n) is 3.91. The molecule has 5 nitrogen and oxygen atoms in total. The van der Waals surface area contributed by atoms with Gasteiger partial charge in [0.05, 0.1) is 12.7 Å². The van der Waals surface area contributed by atoms with Crippen molar-refractivity contribution in [3.05, 3.63) is 29.3 Å². The largest absolute Gasteiger partial charge is 0.465 e. The van der Waals surface area contributed by atoms with E-state index in [2.05, 4.69) is 17.6 Å². The minimum absolute atomic E-state index is 0.0161. The quantitative estimate of drug-likeness (QED) is 0.837. The zero-order chi connectivity index (χ0) is 15.4. The highest BCUT2D eigenvalue weighted by molar-refractivity contribution is 5.96. The molecule has 1 aromatic carbocycles. The van der Waals surface area contributed by atoms with Crippen LogP contribution in [0.25, 0.3) is 0 Å². The van der Waals surface area contributed by atoms with Crippen molar-refractivity contribution < 1.29 is 14.3 Å². The number of rotatable bonds is 3. The SMILES string of the molecule is COC(=O)c1ccc(C)c(NC(=O)[C@H]2CCN[C@@H](C)C2)c1. The second kappa shape index (κ2) is 6.72. The molecule has 1 saturated heterocycles. The second-order valence-corrected chi connectivity index (χ2v) is 5.59. The normalized spacial score (nSPS) is 21.7. The van der Waals surface area contributed by atoms with E-state index in [0.717, 1.165) is 24.9 Å². The summed E-state index contributed by atoms with van der Waals surface area (Å²) < 4.78 is 4.71. The van der Waals surface area contributed by atoms with Crippen LogP contribution in [-0.4, -0.2) is 31.6 Å². The van der Waals surface area contributed by atoms with E-state index < -0.39 is 5.97 Å². The van der Waals surface area contributed by atoms with Gasteiger partial charge >= 0.3 is 5.97 Å². The van der Waals surface area contributed by atoms with Crippen LogP contribution in [0, 0.1) is 12.8 Å². The average molecular weight is 290 g/mol. The fourth-order valence-corrected chi connectivity index (χ4v) is 2.61. The smallest absolute Gasteiger partial charge is 0.337 e. The lowest BCUT2D eigenvalue weighted by molar-refractivity contribution is -0.120. The zero-order valence-corrected chi connectivity index (χ0v) is 12.7. The van der Waals surface area contributed by atoms with Crippen molar-refractivity contribution in [2.75, 3.05) is 19.0 Å².